The summed E-state index contributed by atoms with van der Waals surface area (Å²) in [5.74, 6) is 0.898. The summed E-state index contributed by atoms with van der Waals surface area (Å²) in [6.45, 7) is 0.0571. The number of benzene rings is 2. The number of hydrogen-bond acceptors (Lipinski definition) is 7. The van der Waals surface area contributed by atoms with E-state index in [1.54, 1.807) is 36.4 Å². The first kappa shape index (κ1) is 22.7. The Hall–Kier alpha value is -3.58. The normalized spacial score (nSPS) is 11.0. The third-order valence-electron chi connectivity index (χ3n) is 4.03. The Morgan fingerprint density at radius 3 is 2.03 bits per heavy atom. The third kappa shape index (κ3) is 6.79. The van der Waals surface area contributed by atoms with Crippen LogP contribution in [0, 0.1) is 0 Å². The zero-order valence-electron chi connectivity index (χ0n) is 17.1. The van der Waals surface area contributed by atoms with E-state index < -0.39 is 5.78 Å². The number of hydrogen-bond donors (Lipinski definition) is 1. The van der Waals surface area contributed by atoms with Gasteiger partial charge in [0.1, 0.15) is 23.0 Å². The second-order valence-electron chi connectivity index (χ2n) is 6.16. The van der Waals surface area contributed by atoms with Gasteiger partial charge in [-0.15, -0.1) is 0 Å². The van der Waals surface area contributed by atoms with Crippen molar-refractivity contribution < 1.29 is 33.6 Å². The number of aromatic hydroxyl groups is 1. The Morgan fingerprint density at radius 1 is 0.867 bits per heavy atom. The number of rotatable bonds is 11. The molecule has 2 rings (SSSR count). The molecular formula is C23H24O7. The molecule has 0 fully saturated rings. The van der Waals surface area contributed by atoms with Crippen molar-refractivity contribution in [2.24, 2.45) is 0 Å². The molecule has 0 aromatic heterocycles. The van der Waals surface area contributed by atoms with Gasteiger partial charge in [-0.2, -0.15) is 0 Å². The Morgan fingerprint density at radius 2 is 1.43 bits per heavy atom. The molecule has 7 heteroatoms. The van der Waals surface area contributed by atoms with Gasteiger partial charge >= 0.3 is 0 Å². The van der Waals surface area contributed by atoms with Crippen LogP contribution < -0.4 is 14.2 Å². The van der Waals surface area contributed by atoms with E-state index in [0.29, 0.717) is 28.4 Å². The Balaban J connectivity index is 2.04. The van der Waals surface area contributed by atoms with Crippen LogP contribution in [0.4, 0.5) is 0 Å². The van der Waals surface area contributed by atoms with Crippen LogP contribution in [-0.4, -0.2) is 44.8 Å². The molecule has 0 saturated carbocycles. The summed E-state index contributed by atoms with van der Waals surface area (Å²) in [4.78, 5) is 24.3. The molecule has 2 aromatic carbocycles. The summed E-state index contributed by atoms with van der Waals surface area (Å²) in [7, 11) is 4.55. The minimum absolute atomic E-state index is 0.00712. The van der Waals surface area contributed by atoms with Gasteiger partial charge in [0.05, 0.1) is 20.6 Å². The Bertz CT molecular complexity index is 945. The van der Waals surface area contributed by atoms with Gasteiger partial charge in [0.25, 0.3) is 0 Å². The van der Waals surface area contributed by atoms with E-state index in [0.717, 1.165) is 0 Å². The minimum Gasteiger partial charge on any atom is -0.507 e. The monoisotopic (exact) mass is 412 g/mol. The van der Waals surface area contributed by atoms with Gasteiger partial charge in [-0.25, -0.2) is 0 Å². The molecule has 0 bridgehead atoms. The molecule has 2 aromatic rings. The van der Waals surface area contributed by atoms with Crippen molar-refractivity contribution in [2.75, 3.05) is 28.1 Å². The van der Waals surface area contributed by atoms with E-state index >= 15 is 0 Å². The quantitative estimate of drug-likeness (QED) is 0.342. The maximum absolute atomic E-state index is 12.2. The summed E-state index contributed by atoms with van der Waals surface area (Å²) in [6, 6.07) is 9.80. The minimum atomic E-state index is -0.395. The smallest absolute Gasteiger partial charge is 0.188 e. The summed E-state index contributed by atoms with van der Waals surface area (Å²) >= 11 is 0. The number of carbonyl (C=O) groups is 2. The lowest BCUT2D eigenvalue weighted by atomic mass is 10.1. The van der Waals surface area contributed by atoms with E-state index in [2.05, 4.69) is 0 Å². The van der Waals surface area contributed by atoms with Gasteiger partial charge < -0.3 is 24.1 Å². The average molecular weight is 412 g/mol. The van der Waals surface area contributed by atoms with Crippen LogP contribution in [-0.2, 0) is 14.3 Å². The lowest BCUT2D eigenvalue weighted by Gasteiger charge is -2.09. The number of phenols is 1. The van der Waals surface area contributed by atoms with Gasteiger partial charge in [-0.1, -0.05) is 0 Å². The lowest BCUT2D eigenvalue weighted by Crippen LogP contribution is -2.03. The number of ketones is 2. The van der Waals surface area contributed by atoms with Crippen molar-refractivity contribution in [3.05, 3.63) is 59.7 Å². The van der Waals surface area contributed by atoms with Crippen molar-refractivity contribution in [2.45, 2.75) is 6.42 Å². The average Bonchev–Trinajstić information content (AvgIpc) is 2.75. The van der Waals surface area contributed by atoms with Crippen LogP contribution in [0.3, 0.4) is 0 Å². The predicted octanol–water partition coefficient (Wildman–Crippen LogP) is 3.65. The van der Waals surface area contributed by atoms with E-state index in [9.17, 15) is 14.7 Å². The highest BCUT2D eigenvalue weighted by Gasteiger charge is 2.07. The molecule has 0 amide bonds. The SMILES string of the molecule is COCOc1ccc(OC)cc1C=CC(=O)CC(=O)C=Cc1cc(OC)ccc1O. The van der Waals surface area contributed by atoms with Crippen molar-refractivity contribution in [3.63, 3.8) is 0 Å². The molecule has 158 valence electrons. The zero-order chi connectivity index (χ0) is 21.9. The standard InChI is InChI=1S/C23H24O7/c1-27-15-30-23-11-9-21(29-3)13-17(23)5-7-19(25)14-18(24)6-4-16-12-20(28-2)8-10-22(16)26/h4-13,26H,14-15H2,1-3H3. The van der Waals surface area contributed by atoms with Crippen LogP contribution in [0.1, 0.15) is 17.5 Å². The second-order valence-corrected chi connectivity index (χ2v) is 6.16. The molecule has 0 aliphatic rings. The maximum Gasteiger partial charge on any atom is 0.188 e. The number of ether oxygens (including phenoxy) is 4. The molecule has 0 radical (unpaired) electrons. The molecule has 0 heterocycles. The molecule has 0 unspecified atom stereocenters. The number of phenolic OH excluding ortho intramolecular Hbond substituents is 1. The summed E-state index contributed by atoms with van der Waals surface area (Å²) in [5, 5.41) is 9.84. The first-order valence-electron chi connectivity index (χ1n) is 9.05. The molecular weight excluding hydrogens is 388 g/mol. The number of methoxy groups -OCH3 is 3. The van der Waals surface area contributed by atoms with E-state index in [1.165, 1.54) is 45.6 Å². The second kappa shape index (κ2) is 11.4. The van der Waals surface area contributed by atoms with Crippen molar-refractivity contribution in [1.29, 1.82) is 0 Å². The van der Waals surface area contributed by atoms with Crippen LogP contribution in [0.15, 0.2) is 48.6 Å². The Kier molecular flexibility index (Phi) is 8.65. The molecule has 30 heavy (non-hydrogen) atoms. The topological polar surface area (TPSA) is 91.3 Å². The largest absolute Gasteiger partial charge is 0.507 e. The van der Waals surface area contributed by atoms with E-state index in [4.69, 9.17) is 18.9 Å². The molecule has 0 saturated heterocycles. The van der Waals surface area contributed by atoms with Crippen LogP contribution >= 0.6 is 0 Å². The lowest BCUT2D eigenvalue weighted by molar-refractivity contribution is -0.121. The number of carbonyl (C=O) groups excluding carboxylic acids is 2. The van der Waals surface area contributed by atoms with Crippen LogP contribution in [0.25, 0.3) is 12.2 Å². The Labute approximate surface area is 175 Å². The maximum atomic E-state index is 12.2. The van der Waals surface area contributed by atoms with Gasteiger partial charge in [0.2, 0.25) is 0 Å². The molecule has 0 atom stereocenters. The van der Waals surface area contributed by atoms with Crippen molar-refractivity contribution in [1.82, 2.24) is 0 Å². The van der Waals surface area contributed by atoms with E-state index in [1.807, 2.05) is 0 Å². The summed E-state index contributed by atoms with van der Waals surface area (Å²) in [6.07, 6.45) is 5.24. The van der Waals surface area contributed by atoms with Crippen molar-refractivity contribution in [3.8, 4) is 23.0 Å². The van der Waals surface area contributed by atoms with E-state index in [-0.39, 0.29) is 24.7 Å². The van der Waals surface area contributed by atoms with Crippen LogP contribution in [0.5, 0.6) is 23.0 Å². The highest BCUT2D eigenvalue weighted by molar-refractivity contribution is 6.11. The third-order valence-corrected chi connectivity index (χ3v) is 4.03. The van der Waals surface area contributed by atoms with Gasteiger partial charge in [0.15, 0.2) is 18.4 Å². The van der Waals surface area contributed by atoms with Crippen molar-refractivity contribution >= 4 is 23.7 Å². The summed E-state index contributed by atoms with van der Waals surface area (Å²) < 4.78 is 20.6. The fourth-order valence-electron chi connectivity index (χ4n) is 2.49. The highest BCUT2D eigenvalue weighted by Crippen LogP contribution is 2.26. The first-order valence-corrected chi connectivity index (χ1v) is 9.05. The predicted molar refractivity (Wildman–Crippen MR) is 113 cm³/mol. The molecule has 0 spiro atoms. The number of allylic oxidation sites excluding steroid dienone is 2. The molecule has 1 N–H and O–H groups in total. The molecule has 7 nitrogen and oxygen atoms in total. The fourth-order valence-corrected chi connectivity index (χ4v) is 2.49. The summed E-state index contributed by atoms with van der Waals surface area (Å²) in [5.41, 5.74) is 1.03. The molecule has 0 aliphatic heterocycles. The van der Waals surface area contributed by atoms with Gasteiger partial charge in [-0.05, 0) is 60.7 Å². The molecule has 0 aliphatic carbocycles. The fraction of sp³-hybridized carbons (Fsp3) is 0.217. The zero-order valence-corrected chi connectivity index (χ0v) is 17.1. The first-order chi connectivity index (χ1) is 14.5. The highest BCUT2D eigenvalue weighted by atomic mass is 16.7. The van der Waals surface area contributed by atoms with Crippen LogP contribution in [0.2, 0.25) is 0 Å². The van der Waals surface area contributed by atoms with Gasteiger partial charge in [-0.3, -0.25) is 9.59 Å². The van der Waals surface area contributed by atoms with Gasteiger partial charge in [0, 0.05) is 18.2 Å².